The quantitative estimate of drug-likeness (QED) is 0.221. The number of anilines is 1. The fourth-order valence-electron chi connectivity index (χ4n) is 5.07. The number of ketones is 1. The SMILES string of the molecule is Cn1cc(-c2cnc(N)c(-c3ccc(CC(=O)c4cn(Cc5ccccc5)cc(-c5ccc(F)cc5)c4=O)cc3)c2)cn1. The lowest BCUT2D eigenvalue weighted by molar-refractivity contribution is 0.0991. The Morgan fingerprint density at radius 2 is 1.49 bits per heavy atom. The second-order valence-corrected chi connectivity index (χ2v) is 10.4. The van der Waals surface area contributed by atoms with E-state index in [0.29, 0.717) is 23.5 Å². The molecule has 0 aliphatic heterocycles. The first-order chi connectivity index (χ1) is 20.8. The molecule has 6 aromatic rings. The van der Waals surface area contributed by atoms with Gasteiger partial charge < -0.3 is 10.3 Å². The predicted octanol–water partition coefficient (Wildman–Crippen LogP) is 6.17. The summed E-state index contributed by atoms with van der Waals surface area (Å²) in [6.45, 7) is 0.470. The summed E-state index contributed by atoms with van der Waals surface area (Å²) in [5, 5.41) is 4.23. The normalized spacial score (nSPS) is 11.0. The van der Waals surface area contributed by atoms with Crippen LogP contribution in [0.5, 0.6) is 0 Å². The largest absolute Gasteiger partial charge is 0.383 e. The number of hydrogen-bond donors (Lipinski definition) is 1. The van der Waals surface area contributed by atoms with Crippen LogP contribution in [0.25, 0.3) is 33.4 Å². The summed E-state index contributed by atoms with van der Waals surface area (Å²) in [4.78, 5) is 31.5. The standard InChI is InChI=1S/C35H28FN5O2/c1-40-20-28(18-39-40)27-16-30(35(37)38-17-27)25-9-7-23(8-10-25)15-33(42)32-22-41(19-24-5-3-2-4-6-24)21-31(34(32)43)26-11-13-29(36)14-12-26/h2-14,16-18,20-22H,15,19H2,1H3,(H2,37,38). The number of hydrogen-bond acceptors (Lipinski definition) is 5. The highest BCUT2D eigenvalue weighted by atomic mass is 19.1. The lowest BCUT2D eigenvalue weighted by atomic mass is 9.97. The summed E-state index contributed by atoms with van der Waals surface area (Å²) in [6, 6.07) is 25.0. The van der Waals surface area contributed by atoms with Gasteiger partial charge in [0.15, 0.2) is 11.2 Å². The van der Waals surface area contributed by atoms with Crippen molar-refractivity contribution in [2.24, 2.45) is 7.05 Å². The van der Waals surface area contributed by atoms with Crippen LogP contribution in [0.3, 0.4) is 0 Å². The van der Waals surface area contributed by atoms with Crippen LogP contribution in [-0.4, -0.2) is 25.1 Å². The number of rotatable bonds is 8. The van der Waals surface area contributed by atoms with E-state index in [9.17, 15) is 14.0 Å². The Kier molecular flexibility index (Phi) is 7.49. The van der Waals surface area contributed by atoms with Gasteiger partial charge in [-0.3, -0.25) is 14.3 Å². The van der Waals surface area contributed by atoms with Gasteiger partial charge in [0, 0.05) is 67.1 Å². The Balaban J connectivity index is 1.29. The maximum absolute atomic E-state index is 13.6. The van der Waals surface area contributed by atoms with Gasteiger partial charge in [0.2, 0.25) is 0 Å². The van der Waals surface area contributed by atoms with E-state index < -0.39 is 5.82 Å². The maximum Gasteiger partial charge on any atom is 0.200 e. The Bertz CT molecular complexity index is 1980. The molecule has 0 unspecified atom stereocenters. The molecule has 0 spiro atoms. The molecule has 3 aromatic heterocycles. The number of nitrogens with two attached hydrogens (primary N) is 1. The molecule has 8 heteroatoms. The van der Waals surface area contributed by atoms with Gasteiger partial charge in [0.25, 0.3) is 0 Å². The minimum absolute atomic E-state index is 0.0389. The molecular formula is C35H28FN5O2. The van der Waals surface area contributed by atoms with E-state index in [0.717, 1.165) is 33.4 Å². The molecule has 0 atom stereocenters. The van der Waals surface area contributed by atoms with Crippen LogP contribution >= 0.6 is 0 Å². The molecule has 7 nitrogen and oxygen atoms in total. The van der Waals surface area contributed by atoms with Crippen LogP contribution in [0.15, 0.2) is 121 Å². The number of aryl methyl sites for hydroxylation is 1. The lowest BCUT2D eigenvalue weighted by Gasteiger charge is -2.13. The summed E-state index contributed by atoms with van der Waals surface area (Å²) < 4.78 is 17.2. The average Bonchev–Trinajstić information content (AvgIpc) is 3.46. The van der Waals surface area contributed by atoms with E-state index in [2.05, 4.69) is 10.1 Å². The number of aromatic nitrogens is 4. The van der Waals surface area contributed by atoms with Gasteiger partial charge in [-0.15, -0.1) is 0 Å². The number of nitrogens with zero attached hydrogens (tertiary/aromatic N) is 4. The Labute approximate surface area is 247 Å². The van der Waals surface area contributed by atoms with Crippen molar-refractivity contribution >= 4 is 11.6 Å². The van der Waals surface area contributed by atoms with Crippen LogP contribution in [0.4, 0.5) is 10.2 Å². The second kappa shape index (κ2) is 11.7. The first-order valence-corrected chi connectivity index (χ1v) is 13.7. The van der Waals surface area contributed by atoms with Crippen molar-refractivity contribution in [2.45, 2.75) is 13.0 Å². The third kappa shape index (κ3) is 6.04. The van der Waals surface area contributed by atoms with Crippen LogP contribution in [0.2, 0.25) is 0 Å². The van der Waals surface area contributed by atoms with Crippen LogP contribution in [0.1, 0.15) is 21.5 Å². The topological polar surface area (TPSA) is 95.8 Å². The molecule has 0 saturated carbocycles. The van der Waals surface area contributed by atoms with Gasteiger partial charge in [0.05, 0.1) is 11.8 Å². The number of carbonyl (C=O) groups is 1. The minimum Gasteiger partial charge on any atom is -0.383 e. The molecule has 0 aliphatic rings. The molecule has 3 heterocycles. The molecule has 212 valence electrons. The van der Waals surface area contributed by atoms with Crippen molar-refractivity contribution in [3.05, 3.63) is 149 Å². The van der Waals surface area contributed by atoms with Gasteiger partial charge >= 0.3 is 0 Å². The summed E-state index contributed by atoms with van der Waals surface area (Å²) in [5.41, 5.74) is 12.0. The Morgan fingerprint density at radius 1 is 0.791 bits per heavy atom. The number of Topliss-reactive ketones (excluding diaryl/α,β-unsaturated/α-hetero) is 1. The molecule has 0 amide bonds. The summed E-state index contributed by atoms with van der Waals surface area (Å²) >= 11 is 0. The molecule has 43 heavy (non-hydrogen) atoms. The zero-order valence-electron chi connectivity index (χ0n) is 23.4. The van der Waals surface area contributed by atoms with E-state index in [1.807, 2.05) is 78.5 Å². The third-order valence-corrected chi connectivity index (χ3v) is 7.33. The van der Waals surface area contributed by atoms with Crippen LogP contribution < -0.4 is 11.2 Å². The smallest absolute Gasteiger partial charge is 0.200 e. The van der Waals surface area contributed by atoms with E-state index in [1.54, 1.807) is 41.6 Å². The number of benzene rings is 3. The number of nitrogen functional groups attached to an aromatic ring is 1. The van der Waals surface area contributed by atoms with Crippen molar-refractivity contribution in [1.82, 2.24) is 19.3 Å². The van der Waals surface area contributed by atoms with Gasteiger partial charge in [-0.2, -0.15) is 5.10 Å². The highest BCUT2D eigenvalue weighted by molar-refractivity contribution is 5.98. The molecule has 0 radical (unpaired) electrons. The van der Waals surface area contributed by atoms with Gasteiger partial charge in [0.1, 0.15) is 11.6 Å². The van der Waals surface area contributed by atoms with Crippen LogP contribution in [0, 0.1) is 5.82 Å². The van der Waals surface area contributed by atoms with Crippen molar-refractivity contribution in [3.63, 3.8) is 0 Å². The van der Waals surface area contributed by atoms with Crippen molar-refractivity contribution < 1.29 is 9.18 Å². The second-order valence-electron chi connectivity index (χ2n) is 10.4. The van der Waals surface area contributed by atoms with Crippen molar-refractivity contribution in [2.75, 3.05) is 5.73 Å². The summed E-state index contributed by atoms with van der Waals surface area (Å²) in [6.07, 6.45) is 8.75. The molecule has 0 bridgehead atoms. The molecule has 0 fully saturated rings. The zero-order chi connectivity index (χ0) is 29.9. The maximum atomic E-state index is 13.6. The summed E-state index contributed by atoms with van der Waals surface area (Å²) in [5.74, 6) is -0.304. The highest BCUT2D eigenvalue weighted by Crippen LogP contribution is 2.30. The summed E-state index contributed by atoms with van der Waals surface area (Å²) in [7, 11) is 1.85. The zero-order valence-corrected chi connectivity index (χ0v) is 23.4. The Hall–Kier alpha value is -5.63. The number of pyridine rings is 2. The molecule has 0 aliphatic carbocycles. The first kappa shape index (κ1) is 27.5. The van der Waals surface area contributed by atoms with Gasteiger partial charge in [-0.05, 0) is 40.5 Å². The molecule has 3 aromatic carbocycles. The van der Waals surface area contributed by atoms with E-state index in [1.165, 1.54) is 12.1 Å². The fraction of sp³-hybridized carbons (Fsp3) is 0.0857. The fourth-order valence-corrected chi connectivity index (χ4v) is 5.07. The van der Waals surface area contributed by atoms with Crippen molar-refractivity contribution in [3.8, 4) is 33.4 Å². The Morgan fingerprint density at radius 3 is 2.19 bits per heavy atom. The average molecular weight is 570 g/mol. The van der Waals surface area contributed by atoms with Gasteiger partial charge in [-0.1, -0.05) is 66.7 Å². The van der Waals surface area contributed by atoms with E-state index in [-0.39, 0.29) is 23.2 Å². The molecule has 2 N–H and O–H groups in total. The van der Waals surface area contributed by atoms with Crippen LogP contribution in [-0.2, 0) is 20.0 Å². The first-order valence-electron chi connectivity index (χ1n) is 13.7. The molecule has 0 saturated heterocycles. The number of carbonyl (C=O) groups excluding carboxylic acids is 1. The molecule has 6 rings (SSSR count). The minimum atomic E-state index is -0.398. The van der Waals surface area contributed by atoms with Gasteiger partial charge in [-0.25, -0.2) is 9.37 Å². The number of halogens is 1. The monoisotopic (exact) mass is 569 g/mol. The highest BCUT2D eigenvalue weighted by Gasteiger charge is 2.18. The predicted molar refractivity (Wildman–Crippen MR) is 166 cm³/mol. The third-order valence-electron chi connectivity index (χ3n) is 7.33. The van der Waals surface area contributed by atoms with Crippen molar-refractivity contribution in [1.29, 1.82) is 0 Å². The van der Waals surface area contributed by atoms with E-state index >= 15 is 0 Å². The molecular weight excluding hydrogens is 541 g/mol. The van der Waals surface area contributed by atoms with E-state index in [4.69, 9.17) is 5.73 Å². The lowest BCUT2D eigenvalue weighted by Crippen LogP contribution is -2.21.